The van der Waals surface area contributed by atoms with Crippen LogP contribution in [0.2, 0.25) is 0 Å². The summed E-state index contributed by atoms with van der Waals surface area (Å²) in [5, 5.41) is 11.8. The fourth-order valence-electron chi connectivity index (χ4n) is 9.66. The molecule has 0 aliphatic rings. The number of hydrogen-bond donors (Lipinski definition) is 0. The second-order valence-corrected chi connectivity index (χ2v) is 16.0. The zero-order chi connectivity index (χ0) is 40.7. The highest BCUT2D eigenvalue weighted by Crippen LogP contribution is 2.43. The van der Waals surface area contributed by atoms with E-state index in [4.69, 9.17) is 15.0 Å². The molecule has 288 valence electrons. The van der Waals surface area contributed by atoms with Crippen LogP contribution >= 0.6 is 0 Å². The molecular formula is C57H35N5. The third-order valence-electron chi connectivity index (χ3n) is 12.5. The zero-order valence-electron chi connectivity index (χ0n) is 33.4. The minimum Gasteiger partial charge on any atom is -0.309 e. The van der Waals surface area contributed by atoms with Crippen molar-refractivity contribution in [2.45, 2.75) is 0 Å². The normalized spacial score (nSPS) is 11.9. The van der Waals surface area contributed by atoms with Gasteiger partial charge in [0.1, 0.15) is 0 Å². The second-order valence-electron chi connectivity index (χ2n) is 16.0. The molecule has 0 bridgehead atoms. The number of hydrogen-bond acceptors (Lipinski definition) is 3. The largest absolute Gasteiger partial charge is 0.309 e. The van der Waals surface area contributed by atoms with Crippen molar-refractivity contribution in [1.82, 2.24) is 24.1 Å². The van der Waals surface area contributed by atoms with E-state index in [0.717, 1.165) is 55.3 Å². The fourth-order valence-corrected chi connectivity index (χ4v) is 9.66. The molecule has 13 aromatic rings. The number of para-hydroxylation sites is 2. The van der Waals surface area contributed by atoms with Crippen LogP contribution in [-0.2, 0) is 0 Å². The maximum Gasteiger partial charge on any atom is 0.164 e. The Morgan fingerprint density at radius 3 is 1.68 bits per heavy atom. The Balaban J connectivity index is 1.11. The lowest BCUT2D eigenvalue weighted by Crippen LogP contribution is -2.02. The van der Waals surface area contributed by atoms with E-state index in [0.29, 0.717) is 17.5 Å². The molecule has 5 heteroatoms. The summed E-state index contributed by atoms with van der Waals surface area (Å²) in [7, 11) is 0. The minimum absolute atomic E-state index is 0.626. The number of fused-ring (bicyclic) bond motifs is 10. The summed E-state index contributed by atoms with van der Waals surface area (Å²) in [6, 6.07) is 75.8. The van der Waals surface area contributed by atoms with Gasteiger partial charge in [-0.1, -0.05) is 158 Å². The van der Waals surface area contributed by atoms with Crippen molar-refractivity contribution in [3.8, 4) is 45.5 Å². The van der Waals surface area contributed by atoms with Crippen LogP contribution in [0.1, 0.15) is 0 Å². The molecule has 3 aromatic heterocycles. The maximum absolute atomic E-state index is 5.30. The molecule has 0 amide bonds. The summed E-state index contributed by atoms with van der Waals surface area (Å²) in [4.78, 5) is 15.7. The zero-order valence-corrected chi connectivity index (χ0v) is 33.4. The Bertz CT molecular complexity index is 3920. The number of nitrogens with zero attached hydrogens (tertiary/aromatic N) is 5. The third kappa shape index (κ3) is 5.32. The monoisotopic (exact) mass is 789 g/mol. The Morgan fingerprint density at radius 2 is 0.855 bits per heavy atom. The molecule has 0 saturated carbocycles. The van der Waals surface area contributed by atoms with E-state index in [2.05, 4.69) is 203 Å². The molecule has 62 heavy (non-hydrogen) atoms. The quantitative estimate of drug-likeness (QED) is 0.174. The van der Waals surface area contributed by atoms with Crippen LogP contribution in [0.25, 0.3) is 121 Å². The molecule has 0 atom stereocenters. The Morgan fingerprint density at radius 1 is 0.274 bits per heavy atom. The van der Waals surface area contributed by atoms with E-state index >= 15 is 0 Å². The van der Waals surface area contributed by atoms with Gasteiger partial charge in [-0.2, -0.15) is 0 Å². The highest BCUT2D eigenvalue weighted by atomic mass is 15.0. The van der Waals surface area contributed by atoms with Crippen molar-refractivity contribution in [3.05, 3.63) is 212 Å². The van der Waals surface area contributed by atoms with E-state index in [-0.39, 0.29) is 0 Å². The summed E-state index contributed by atoms with van der Waals surface area (Å²) >= 11 is 0. The first-order chi connectivity index (χ1) is 30.7. The molecule has 0 aliphatic heterocycles. The van der Waals surface area contributed by atoms with Gasteiger partial charge in [-0.25, -0.2) is 15.0 Å². The highest BCUT2D eigenvalue weighted by Gasteiger charge is 2.22. The molecule has 0 fully saturated rings. The smallest absolute Gasteiger partial charge is 0.164 e. The van der Waals surface area contributed by atoms with Crippen molar-refractivity contribution in [2.75, 3.05) is 0 Å². The molecule has 13 rings (SSSR count). The van der Waals surface area contributed by atoms with Gasteiger partial charge in [-0.05, 0) is 86.9 Å². The van der Waals surface area contributed by atoms with Gasteiger partial charge in [0.05, 0.1) is 22.1 Å². The second kappa shape index (κ2) is 13.6. The van der Waals surface area contributed by atoms with Crippen LogP contribution in [0, 0.1) is 0 Å². The summed E-state index contributed by atoms with van der Waals surface area (Å²) in [5.41, 5.74) is 9.64. The van der Waals surface area contributed by atoms with E-state index < -0.39 is 0 Å². The predicted octanol–water partition coefficient (Wildman–Crippen LogP) is 14.5. The van der Waals surface area contributed by atoms with Gasteiger partial charge in [0.15, 0.2) is 17.5 Å². The molecular weight excluding hydrogens is 755 g/mol. The molecule has 0 unspecified atom stereocenters. The summed E-state index contributed by atoms with van der Waals surface area (Å²) in [6.07, 6.45) is 0. The Labute approximate surface area is 356 Å². The van der Waals surface area contributed by atoms with Crippen LogP contribution in [0.5, 0.6) is 0 Å². The maximum atomic E-state index is 5.30. The van der Waals surface area contributed by atoms with Crippen molar-refractivity contribution >= 4 is 75.9 Å². The van der Waals surface area contributed by atoms with E-state index in [1.807, 2.05) is 18.2 Å². The topological polar surface area (TPSA) is 48.5 Å². The number of rotatable bonds is 5. The average Bonchev–Trinajstić information content (AvgIpc) is 3.85. The number of benzene rings is 10. The average molecular weight is 790 g/mol. The van der Waals surface area contributed by atoms with E-state index in [9.17, 15) is 0 Å². The molecule has 5 nitrogen and oxygen atoms in total. The Kier molecular flexibility index (Phi) is 7.54. The lowest BCUT2D eigenvalue weighted by molar-refractivity contribution is 1.07. The highest BCUT2D eigenvalue weighted by molar-refractivity contribution is 6.25. The first kappa shape index (κ1) is 34.5. The van der Waals surface area contributed by atoms with Crippen LogP contribution in [0.3, 0.4) is 0 Å². The lowest BCUT2D eigenvalue weighted by atomic mass is 10.0. The van der Waals surface area contributed by atoms with Crippen LogP contribution in [-0.4, -0.2) is 24.1 Å². The van der Waals surface area contributed by atoms with E-state index in [1.54, 1.807) is 0 Å². The lowest BCUT2D eigenvalue weighted by Gasteiger charge is -2.15. The van der Waals surface area contributed by atoms with Gasteiger partial charge in [0.25, 0.3) is 0 Å². The Hall–Kier alpha value is -8.41. The summed E-state index contributed by atoms with van der Waals surface area (Å²) < 4.78 is 4.86. The third-order valence-corrected chi connectivity index (χ3v) is 12.5. The van der Waals surface area contributed by atoms with Crippen molar-refractivity contribution in [1.29, 1.82) is 0 Å². The summed E-state index contributed by atoms with van der Waals surface area (Å²) in [6.45, 7) is 0. The number of aromatic nitrogens is 5. The first-order valence-corrected chi connectivity index (χ1v) is 21.0. The van der Waals surface area contributed by atoms with Crippen LogP contribution < -0.4 is 0 Å². The molecule has 0 radical (unpaired) electrons. The van der Waals surface area contributed by atoms with Gasteiger partial charge < -0.3 is 9.13 Å². The minimum atomic E-state index is 0.626. The summed E-state index contributed by atoms with van der Waals surface area (Å²) in [5.74, 6) is 1.89. The SMILES string of the molecule is c1ccc(-c2nc(-c3ccc4ccccc4c3)nc(-c3cc(-n4c5ccccc5c5cc6c(cc54)c4c5ccccc5ccc4n6-c4ccccc4)cc4ccccc34)n2)cc1. The molecule has 3 heterocycles. The van der Waals surface area contributed by atoms with Gasteiger partial charge in [-0.15, -0.1) is 0 Å². The first-order valence-electron chi connectivity index (χ1n) is 21.0. The standard InChI is InChI=1S/C57H35N5/c1-3-17-38(18-4-1)55-58-56(41-28-27-36-15-7-8-19-39(36)31-41)60-57(59-55)48-33-43(32-40-20-10-11-23-44(40)48)62-50-26-14-13-25-46(50)47-34-53-49(35-52(47)62)54-45-24-12-9-16-37(45)29-30-51(54)61(53)42-21-5-2-6-22-42/h1-35H. The predicted molar refractivity (Wildman–Crippen MR) is 257 cm³/mol. The van der Waals surface area contributed by atoms with Crippen LogP contribution in [0.15, 0.2) is 212 Å². The van der Waals surface area contributed by atoms with Crippen molar-refractivity contribution < 1.29 is 0 Å². The molecule has 10 aromatic carbocycles. The van der Waals surface area contributed by atoms with Crippen molar-refractivity contribution in [2.24, 2.45) is 0 Å². The molecule has 0 aliphatic carbocycles. The van der Waals surface area contributed by atoms with Crippen molar-refractivity contribution in [3.63, 3.8) is 0 Å². The van der Waals surface area contributed by atoms with Gasteiger partial charge in [-0.3, -0.25) is 0 Å². The van der Waals surface area contributed by atoms with E-state index in [1.165, 1.54) is 48.7 Å². The molecule has 0 saturated heterocycles. The molecule has 0 spiro atoms. The fraction of sp³-hybridized carbons (Fsp3) is 0. The van der Waals surface area contributed by atoms with Gasteiger partial charge in [0, 0.05) is 49.6 Å². The van der Waals surface area contributed by atoms with Crippen LogP contribution in [0.4, 0.5) is 0 Å². The van der Waals surface area contributed by atoms with Gasteiger partial charge >= 0.3 is 0 Å². The van der Waals surface area contributed by atoms with Gasteiger partial charge in [0.2, 0.25) is 0 Å². The molecule has 0 N–H and O–H groups in total.